The maximum atomic E-state index is 12.3. The molecule has 1 aliphatic rings. The van der Waals surface area contributed by atoms with Crippen molar-refractivity contribution in [1.29, 1.82) is 0 Å². The molecule has 0 amide bonds. The second-order valence-electron chi connectivity index (χ2n) is 5.97. The largest absolute Gasteiger partial charge is 0.361 e. The van der Waals surface area contributed by atoms with Gasteiger partial charge in [-0.05, 0) is 32.6 Å². The van der Waals surface area contributed by atoms with E-state index in [2.05, 4.69) is 10.3 Å². The lowest BCUT2D eigenvalue weighted by Crippen LogP contribution is -2.40. The minimum Gasteiger partial charge on any atom is -0.361 e. The van der Waals surface area contributed by atoms with Crippen LogP contribution >= 0.6 is 0 Å². The average molecular weight is 278 g/mol. The molecule has 1 heterocycles. The molecule has 1 fully saturated rings. The highest BCUT2D eigenvalue weighted by atomic mass is 16.1. The lowest BCUT2D eigenvalue weighted by molar-refractivity contribution is 0.320. The number of nitrogens with one attached hydrogen (secondary N) is 1. The molecular formula is C15H26N4O. The molecule has 0 bridgehead atoms. The van der Waals surface area contributed by atoms with Gasteiger partial charge in [-0.25, -0.2) is 4.98 Å². The Morgan fingerprint density at radius 2 is 2.10 bits per heavy atom. The highest BCUT2D eigenvalue weighted by Crippen LogP contribution is 2.27. The fourth-order valence-corrected chi connectivity index (χ4v) is 3.01. The molecule has 1 unspecified atom stereocenters. The first-order chi connectivity index (χ1) is 9.63. The molecule has 5 nitrogen and oxygen atoms in total. The number of hydrogen-bond donors (Lipinski definition) is 2. The van der Waals surface area contributed by atoms with Gasteiger partial charge in [0.05, 0.1) is 0 Å². The van der Waals surface area contributed by atoms with Crippen LogP contribution in [-0.4, -0.2) is 22.1 Å². The number of aromatic nitrogens is 2. The van der Waals surface area contributed by atoms with Crippen LogP contribution in [0.2, 0.25) is 0 Å². The van der Waals surface area contributed by atoms with E-state index < -0.39 is 0 Å². The Kier molecular flexibility index (Phi) is 5.17. The van der Waals surface area contributed by atoms with Gasteiger partial charge in [0.1, 0.15) is 0 Å². The van der Waals surface area contributed by atoms with E-state index in [9.17, 15) is 4.79 Å². The van der Waals surface area contributed by atoms with Gasteiger partial charge in [-0.1, -0.05) is 19.3 Å². The van der Waals surface area contributed by atoms with Crippen LogP contribution in [0.4, 0.5) is 5.82 Å². The van der Waals surface area contributed by atoms with E-state index in [1.807, 2.05) is 13.8 Å². The normalized spacial score (nSPS) is 18.2. The quantitative estimate of drug-likeness (QED) is 0.865. The molecule has 20 heavy (non-hydrogen) atoms. The van der Waals surface area contributed by atoms with E-state index in [0.29, 0.717) is 18.3 Å². The Morgan fingerprint density at radius 1 is 1.40 bits per heavy atom. The highest BCUT2D eigenvalue weighted by molar-refractivity contribution is 5.33. The summed E-state index contributed by atoms with van der Waals surface area (Å²) in [5.74, 6) is 0.991. The third-order valence-electron chi connectivity index (χ3n) is 4.22. The fraction of sp³-hybridized carbons (Fsp3) is 0.733. The van der Waals surface area contributed by atoms with Gasteiger partial charge in [0.15, 0.2) is 5.82 Å². The molecule has 3 N–H and O–H groups in total. The molecule has 0 aliphatic heterocycles. The fourth-order valence-electron chi connectivity index (χ4n) is 3.01. The zero-order valence-corrected chi connectivity index (χ0v) is 12.5. The summed E-state index contributed by atoms with van der Waals surface area (Å²) in [5, 5.41) is 3.29. The molecule has 1 saturated carbocycles. The molecular weight excluding hydrogens is 252 g/mol. The molecule has 5 heteroatoms. The van der Waals surface area contributed by atoms with Crippen LogP contribution in [-0.2, 0) is 0 Å². The Morgan fingerprint density at radius 3 is 2.70 bits per heavy atom. The Labute approximate surface area is 120 Å². The first kappa shape index (κ1) is 15.0. The maximum Gasteiger partial charge on any atom is 0.293 e. The van der Waals surface area contributed by atoms with Crippen molar-refractivity contribution in [3.63, 3.8) is 0 Å². The van der Waals surface area contributed by atoms with Crippen molar-refractivity contribution in [2.45, 2.75) is 58.0 Å². The van der Waals surface area contributed by atoms with Gasteiger partial charge in [-0.15, -0.1) is 0 Å². The molecule has 1 aromatic rings. The molecule has 1 aliphatic carbocycles. The average Bonchev–Trinajstić information content (AvgIpc) is 2.47. The first-order valence-corrected chi connectivity index (χ1v) is 7.67. The summed E-state index contributed by atoms with van der Waals surface area (Å²) in [5.41, 5.74) is 5.84. The van der Waals surface area contributed by atoms with Crippen LogP contribution in [0.25, 0.3) is 0 Å². The van der Waals surface area contributed by atoms with E-state index in [1.54, 1.807) is 17.0 Å². The van der Waals surface area contributed by atoms with Gasteiger partial charge in [0.25, 0.3) is 5.56 Å². The summed E-state index contributed by atoms with van der Waals surface area (Å²) in [6.07, 6.45) is 9.65. The molecule has 1 atom stereocenters. The summed E-state index contributed by atoms with van der Waals surface area (Å²) in [6.45, 7) is 4.53. The van der Waals surface area contributed by atoms with Gasteiger partial charge in [-0.2, -0.15) is 0 Å². The van der Waals surface area contributed by atoms with E-state index >= 15 is 0 Å². The summed E-state index contributed by atoms with van der Waals surface area (Å²) < 4.78 is 1.70. The van der Waals surface area contributed by atoms with Crippen LogP contribution in [0.5, 0.6) is 0 Å². The first-order valence-electron chi connectivity index (χ1n) is 7.67. The second kappa shape index (κ2) is 6.88. The second-order valence-corrected chi connectivity index (χ2v) is 5.97. The molecule has 2 rings (SSSR count). The lowest BCUT2D eigenvalue weighted by Gasteiger charge is -2.30. The number of nitrogens with two attached hydrogens (primary N) is 1. The number of rotatable bonds is 5. The Bertz CT molecular complexity index is 477. The molecule has 112 valence electrons. The van der Waals surface area contributed by atoms with Crippen LogP contribution in [0, 0.1) is 5.92 Å². The minimum absolute atomic E-state index is 0.0586. The minimum atomic E-state index is -0.0586. The van der Waals surface area contributed by atoms with Crippen molar-refractivity contribution in [1.82, 2.24) is 9.55 Å². The summed E-state index contributed by atoms with van der Waals surface area (Å²) >= 11 is 0. The summed E-state index contributed by atoms with van der Waals surface area (Å²) in [4.78, 5) is 16.5. The van der Waals surface area contributed by atoms with Crippen molar-refractivity contribution in [3.8, 4) is 0 Å². The third-order valence-corrected chi connectivity index (χ3v) is 4.22. The Hall–Kier alpha value is -1.36. The number of anilines is 1. The van der Waals surface area contributed by atoms with Crippen molar-refractivity contribution < 1.29 is 0 Å². The smallest absolute Gasteiger partial charge is 0.293 e. The van der Waals surface area contributed by atoms with Gasteiger partial charge in [-0.3, -0.25) is 4.79 Å². The van der Waals surface area contributed by atoms with Gasteiger partial charge >= 0.3 is 0 Å². The third kappa shape index (κ3) is 3.39. The van der Waals surface area contributed by atoms with Crippen molar-refractivity contribution >= 4 is 5.82 Å². The monoisotopic (exact) mass is 278 g/mol. The van der Waals surface area contributed by atoms with Crippen molar-refractivity contribution in [3.05, 3.63) is 22.7 Å². The van der Waals surface area contributed by atoms with Gasteiger partial charge in [0, 0.05) is 31.0 Å². The summed E-state index contributed by atoms with van der Waals surface area (Å²) in [7, 11) is 0. The number of nitrogens with zero attached hydrogens (tertiary/aromatic N) is 2. The highest BCUT2D eigenvalue weighted by Gasteiger charge is 2.23. The molecule has 0 saturated heterocycles. The molecule has 0 radical (unpaired) electrons. The maximum absolute atomic E-state index is 12.3. The van der Waals surface area contributed by atoms with Crippen molar-refractivity contribution in [2.24, 2.45) is 11.7 Å². The SMILES string of the molecule is CC(C)n1ccnc(NC(CN)C2CCCCC2)c1=O. The Balaban J connectivity index is 2.15. The number of hydrogen-bond acceptors (Lipinski definition) is 4. The molecule has 0 aromatic carbocycles. The predicted octanol–water partition coefficient (Wildman–Crippen LogP) is 2.14. The van der Waals surface area contributed by atoms with Crippen LogP contribution in [0.1, 0.15) is 52.0 Å². The predicted molar refractivity (Wildman–Crippen MR) is 81.9 cm³/mol. The van der Waals surface area contributed by atoms with E-state index in [-0.39, 0.29) is 17.6 Å². The van der Waals surface area contributed by atoms with E-state index in [4.69, 9.17) is 5.73 Å². The van der Waals surface area contributed by atoms with Gasteiger partial charge < -0.3 is 15.6 Å². The van der Waals surface area contributed by atoms with E-state index in [0.717, 1.165) is 0 Å². The summed E-state index contributed by atoms with van der Waals surface area (Å²) in [6, 6.07) is 0.288. The standard InChI is InChI=1S/C15H26N4O/c1-11(2)19-9-8-17-14(15(19)20)18-13(10-16)12-6-4-3-5-7-12/h8-9,11-13H,3-7,10,16H2,1-2H3,(H,17,18). The van der Waals surface area contributed by atoms with E-state index in [1.165, 1.54) is 32.1 Å². The van der Waals surface area contributed by atoms with Gasteiger partial charge in [0.2, 0.25) is 0 Å². The topological polar surface area (TPSA) is 72.9 Å². The van der Waals surface area contributed by atoms with Crippen LogP contribution < -0.4 is 16.6 Å². The zero-order chi connectivity index (χ0) is 14.5. The molecule has 0 spiro atoms. The molecule has 1 aromatic heterocycles. The van der Waals surface area contributed by atoms with Crippen LogP contribution in [0.15, 0.2) is 17.2 Å². The lowest BCUT2D eigenvalue weighted by atomic mass is 9.84. The zero-order valence-electron chi connectivity index (χ0n) is 12.5. The van der Waals surface area contributed by atoms with Crippen LogP contribution in [0.3, 0.4) is 0 Å². The van der Waals surface area contributed by atoms with Crippen molar-refractivity contribution in [2.75, 3.05) is 11.9 Å².